The molecule has 1 atom stereocenters. The lowest BCUT2D eigenvalue weighted by molar-refractivity contribution is -0.116. The second-order valence-corrected chi connectivity index (χ2v) is 9.10. The van der Waals surface area contributed by atoms with Gasteiger partial charge in [-0.3, -0.25) is 9.59 Å². The normalized spacial score (nSPS) is 17.6. The van der Waals surface area contributed by atoms with Gasteiger partial charge in [0, 0.05) is 31.7 Å². The van der Waals surface area contributed by atoms with Crippen molar-refractivity contribution in [3.63, 3.8) is 0 Å². The molecule has 0 spiro atoms. The first-order chi connectivity index (χ1) is 13.9. The van der Waals surface area contributed by atoms with Crippen LogP contribution in [0.25, 0.3) is 0 Å². The summed E-state index contributed by atoms with van der Waals surface area (Å²) in [5.41, 5.74) is 0.498. The van der Waals surface area contributed by atoms with Crippen molar-refractivity contribution >= 4 is 27.5 Å². The summed E-state index contributed by atoms with van der Waals surface area (Å²) in [6.07, 6.45) is 3.39. The van der Waals surface area contributed by atoms with Gasteiger partial charge in [-0.1, -0.05) is 6.92 Å². The van der Waals surface area contributed by atoms with E-state index < -0.39 is 10.0 Å². The highest BCUT2D eigenvalue weighted by Gasteiger charge is 2.28. The third-order valence-corrected chi connectivity index (χ3v) is 6.66. The molecule has 1 aliphatic rings. The van der Waals surface area contributed by atoms with Crippen molar-refractivity contribution in [2.45, 2.75) is 31.1 Å². The molecule has 29 heavy (non-hydrogen) atoms. The summed E-state index contributed by atoms with van der Waals surface area (Å²) >= 11 is 0. The molecule has 156 valence electrons. The van der Waals surface area contributed by atoms with Gasteiger partial charge in [0.2, 0.25) is 15.9 Å². The molecule has 8 nitrogen and oxygen atoms in total. The Morgan fingerprint density at radius 2 is 1.97 bits per heavy atom. The molecular weight excluding hydrogens is 394 g/mol. The van der Waals surface area contributed by atoms with E-state index in [9.17, 15) is 18.0 Å². The summed E-state index contributed by atoms with van der Waals surface area (Å²) in [5, 5.41) is 5.29. The van der Waals surface area contributed by atoms with Crippen LogP contribution < -0.4 is 10.6 Å². The molecule has 3 rings (SSSR count). The zero-order valence-electron chi connectivity index (χ0n) is 16.3. The number of carbonyl (C=O) groups is 2. The number of sulfonamides is 1. The van der Waals surface area contributed by atoms with Crippen LogP contribution in [-0.2, 0) is 14.8 Å². The fourth-order valence-corrected chi connectivity index (χ4v) is 4.83. The monoisotopic (exact) mass is 419 g/mol. The summed E-state index contributed by atoms with van der Waals surface area (Å²) < 4.78 is 32.0. The first-order valence-corrected chi connectivity index (χ1v) is 11.0. The van der Waals surface area contributed by atoms with Gasteiger partial charge in [0.1, 0.15) is 0 Å². The number of hydrogen-bond donors (Lipinski definition) is 2. The average Bonchev–Trinajstić information content (AvgIpc) is 3.23. The van der Waals surface area contributed by atoms with Gasteiger partial charge in [-0.25, -0.2) is 8.42 Å². The van der Waals surface area contributed by atoms with Crippen molar-refractivity contribution in [3.8, 4) is 0 Å². The fraction of sp³-hybridized carbons (Fsp3) is 0.400. The molecular formula is C20H25N3O5S. The van der Waals surface area contributed by atoms with E-state index in [1.165, 1.54) is 28.8 Å². The molecule has 2 aromatic rings. The molecule has 0 saturated carbocycles. The van der Waals surface area contributed by atoms with Crippen molar-refractivity contribution < 1.29 is 22.4 Å². The first-order valence-electron chi connectivity index (χ1n) is 9.58. The number of nitrogens with one attached hydrogen (secondary N) is 2. The predicted molar refractivity (Wildman–Crippen MR) is 108 cm³/mol. The number of anilines is 1. The minimum absolute atomic E-state index is 0.0815. The van der Waals surface area contributed by atoms with Crippen LogP contribution in [0.3, 0.4) is 0 Å². The summed E-state index contributed by atoms with van der Waals surface area (Å²) in [6.45, 7) is 3.28. The first kappa shape index (κ1) is 21.1. The fourth-order valence-electron chi connectivity index (χ4n) is 3.23. The van der Waals surface area contributed by atoms with Gasteiger partial charge in [0.15, 0.2) is 5.76 Å². The lowest BCUT2D eigenvalue weighted by Crippen LogP contribution is -2.39. The molecule has 9 heteroatoms. The van der Waals surface area contributed by atoms with E-state index in [0.29, 0.717) is 24.7 Å². The van der Waals surface area contributed by atoms with Gasteiger partial charge >= 0.3 is 0 Å². The van der Waals surface area contributed by atoms with Gasteiger partial charge in [0.05, 0.1) is 11.2 Å². The quantitative estimate of drug-likeness (QED) is 0.717. The molecule has 1 aromatic carbocycles. The molecule has 1 saturated heterocycles. The maximum atomic E-state index is 12.8. The Bertz CT molecular complexity index is 939. The lowest BCUT2D eigenvalue weighted by atomic mass is 10.0. The Kier molecular flexibility index (Phi) is 6.71. The standard InChI is InChI=1S/C20H25N3O5S/c1-15-4-2-12-23(14-15)29(26,27)17-8-6-16(7-9-17)22-19(24)10-11-21-20(25)18-5-3-13-28-18/h3,5-9,13,15H,2,4,10-12,14H2,1H3,(H,21,25)(H,22,24). The third kappa shape index (κ3) is 5.45. The molecule has 1 aromatic heterocycles. The number of amides is 2. The number of carbonyl (C=O) groups excluding carboxylic acids is 2. The number of piperidine rings is 1. The van der Waals surface area contributed by atoms with Crippen LogP contribution in [0.2, 0.25) is 0 Å². The molecule has 2 heterocycles. The van der Waals surface area contributed by atoms with Gasteiger partial charge in [0.25, 0.3) is 5.91 Å². The maximum absolute atomic E-state index is 12.8. The van der Waals surface area contributed by atoms with Gasteiger partial charge in [-0.05, 0) is 55.2 Å². The number of rotatable bonds is 7. The van der Waals surface area contributed by atoms with Crippen molar-refractivity contribution in [2.75, 3.05) is 25.0 Å². The van der Waals surface area contributed by atoms with E-state index in [1.54, 1.807) is 18.2 Å². The molecule has 2 N–H and O–H groups in total. The Hall–Kier alpha value is -2.65. The molecule has 1 fully saturated rings. The zero-order valence-corrected chi connectivity index (χ0v) is 17.1. The van der Waals surface area contributed by atoms with E-state index >= 15 is 0 Å². The molecule has 1 aliphatic heterocycles. The number of benzene rings is 1. The molecule has 2 amide bonds. The smallest absolute Gasteiger partial charge is 0.286 e. The number of furan rings is 1. The van der Waals surface area contributed by atoms with Crippen molar-refractivity contribution in [1.29, 1.82) is 0 Å². The van der Waals surface area contributed by atoms with E-state index in [2.05, 4.69) is 17.6 Å². The molecule has 1 unspecified atom stereocenters. The Morgan fingerprint density at radius 3 is 2.62 bits per heavy atom. The van der Waals surface area contributed by atoms with Crippen LogP contribution in [0.4, 0.5) is 5.69 Å². The van der Waals surface area contributed by atoms with Crippen LogP contribution in [0, 0.1) is 5.92 Å². The second kappa shape index (κ2) is 9.23. The summed E-state index contributed by atoms with van der Waals surface area (Å²) in [4.78, 5) is 24.0. The van der Waals surface area contributed by atoms with Crippen molar-refractivity contribution in [1.82, 2.24) is 9.62 Å². The van der Waals surface area contributed by atoms with Crippen LogP contribution >= 0.6 is 0 Å². The lowest BCUT2D eigenvalue weighted by Gasteiger charge is -2.30. The van der Waals surface area contributed by atoms with Gasteiger partial charge < -0.3 is 15.1 Å². The molecule has 0 radical (unpaired) electrons. The van der Waals surface area contributed by atoms with Gasteiger partial charge in [-0.15, -0.1) is 0 Å². The van der Waals surface area contributed by atoms with E-state index in [4.69, 9.17) is 4.42 Å². The third-order valence-electron chi connectivity index (χ3n) is 4.78. The highest BCUT2D eigenvalue weighted by atomic mass is 32.2. The van der Waals surface area contributed by atoms with E-state index in [-0.39, 0.29) is 35.4 Å². The Morgan fingerprint density at radius 1 is 1.21 bits per heavy atom. The van der Waals surface area contributed by atoms with Crippen LogP contribution in [0.1, 0.15) is 36.7 Å². The number of hydrogen-bond acceptors (Lipinski definition) is 5. The van der Waals surface area contributed by atoms with E-state index in [1.807, 2.05) is 0 Å². The summed E-state index contributed by atoms with van der Waals surface area (Å²) in [5.74, 6) is -0.134. The topological polar surface area (TPSA) is 109 Å². The maximum Gasteiger partial charge on any atom is 0.286 e. The van der Waals surface area contributed by atoms with Crippen LogP contribution in [0.15, 0.2) is 52.0 Å². The minimum Gasteiger partial charge on any atom is -0.459 e. The largest absolute Gasteiger partial charge is 0.459 e. The Labute approximate surface area is 170 Å². The zero-order chi connectivity index (χ0) is 20.9. The highest BCUT2D eigenvalue weighted by Crippen LogP contribution is 2.24. The van der Waals surface area contributed by atoms with Crippen LogP contribution in [0.5, 0.6) is 0 Å². The highest BCUT2D eigenvalue weighted by molar-refractivity contribution is 7.89. The van der Waals surface area contributed by atoms with Gasteiger partial charge in [-0.2, -0.15) is 4.31 Å². The van der Waals surface area contributed by atoms with Crippen LogP contribution in [-0.4, -0.2) is 44.2 Å². The Balaban J connectivity index is 1.50. The van der Waals surface area contributed by atoms with Crippen molar-refractivity contribution in [2.24, 2.45) is 5.92 Å². The summed E-state index contributed by atoms with van der Waals surface area (Å²) in [7, 11) is -3.52. The molecule has 0 aliphatic carbocycles. The van der Waals surface area contributed by atoms with E-state index in [0.717, 1.165) is 12.8 Å². The average molecular weight is 420 g/mol. The minimum atomic E-state index is -3.52. The second-order valence-electron chi connectivity index (χ2n) is 7.17. The number of nitrogens with zero attached hydrogens (tertiary/aromatic N) is 1. The molecule has 0 bridgehead atoms. The predicted octanol–water partition coefficient (Wildman–Crippen LogP) is 2.46. The summed E-state index contributed by atoms with van der Waals surface area (Å²) in [6, 6.07) is 9.29. The van der Waals surface area contributed by atoms with Crippen molar-refractivity contribution in [3.05, 3.63) is 48.4 Å². The SMILES string of the molecule is CC1CCCN(S(=O)(=O)c2ccc(NC(=O)CCNC(=O)c3ccco3)cc2)C1.